The molecular weight excluding hydrogens is 457 g/mol. The number of benzene rings is 2. The third-order valence-corrected chi connectivity index (χ3v) is 9.09. The monoisotopic (exact) mass is 483 g/mol. The number of carbonyl (C=O) groups is 1. The predicted octanol–water partition coefficient (Wildman–Crippen LogP) is 1.94. The first-order valence-corrected chi connectivity index (χ1v) is 13.1. The maximum absolute atomic E-state index is 13.0. The topological polar surface area (TPSA) is 104 Å². The average molecular weight is 484 g/mol. The number of hydrogen-bond donors (Lipinski definition) is 1. The Morgan fingerprint density at radius 3 is 2.09 bits per heavy atom. The minimum Gasteiger partial charge on any atom is -0.351 e. The van der Waals surface area contributed by atoms with Crippen LogP contribution in [-0.2, 0) is 31.4 Å². The van der Waals surface area contributed by atoms with E-state index < -0.39 is 32.5 Å². The molecule has 2 aromatic rings. The summed E-state index contributed by atoms with van der Waals surface area (Å²) >= 11 is 0. The van der Waals surface area contributed by atoms with Crippen LogP contribution in [0.1, 0.15) is 25.3 Å². The van der Waals surface area contributed by atoms with Crippen molar-refractivity contribution in [2.75, 3.05) is 26.2 Å². The zero-order valence-corrected chi connectivity index (χ0v) is 19.3. The molecule has 0 atom stereocenters. The van der Waals surface area contributed by atoms with Crippen molar-refractivity contribution in [3.8, 4) is 0 Å². The Kier molecular flexibility index (Phi) is 7.65. The summed E-state index contributed by atoms with van der Waals surface area (Å²) in [7, 11) is -7.65. The summed E-state index contributed by atoms with van der Waals surface area (Å²) < 4.78 is 66.6. The summed E-state index contributed by atoms with van der Waals surface area (Å²) in [5.74, 6) is -0.893. The zero-order valence-electron chi connectivity index (χ0n) is 17.7. The molecule has 1 heterocycles. The summed E-state index contributed by atoms with van der Waals surface area (Å²) in [6.07, 6.45) is 1.61. The summed E-state index contributed by atoms with van der Waals surface area (Å²) in [6.45, 7) is 2.32. The molecule has 11 heteroatoms. The van der Waals surface area contributed by atoms with Crippen molar-refractivity contribution < 1.29 is 26.0 Å². The molecule has 8 nitrogen and oxygen atoms in total. The Morgan fingerprint density at radius 1 is 0.969 bits per heavy atom. The number of nitrogens with zero attached hydrogens (tertiary/aromatic N) is 2. The number of carbonyl (C=O) groups excluding carboxylic acids is 1. The quantitative estimate of drug-likeness (QED) is 0.587. The van der Waals surface area contributed by atoms with Gasteiger partial charge >= 0.3 is 0 Å². The molecule has 1 aliphatic rings. The Bertz CT molecular complexity index is 1140. The molecule has 0 radical (unpaired) electrons. The van der Waals surface area contributed by atoms with Gasteiger partial charge in [-0.1, -0.05) is 19.1 Å². The SMILES string of the molecule is CCN(CC(=O)NCc1ccc(F)cc1)S(=O)(=O)c1ccc(S(=O)(=O)N2CCCC2)cc1. The predicted molar refractivity (Wildman–Crippen MR) is 117 cm³/mol. The van der Waals surface area contributed by atoms with Gasteiger partial charge in [0.25, 0.3) is 0 Å². The van der Waals surface area contributed by atoms with Crippen LogP contribution in [0, 0.1) is 5.82 Å². The van der Waals surface area contributed by atoms with E-state index in [4.69, 9.17) is 0 Å². The second-order valence-corrected chi connectivity index (χ2v) is 11.3. The van der Waals surface area contributed by atoms with Gasteiger partial charge in [-0.15, -0.1) is 0 Å². The summed E-state index contributed by atoms with van der Waals surface area (Å²) in [5, 5.41) is 2.61. The van der Waals surface area contributed by atoms with E-state index in [0.29, 0.717) is 18.7 Å². The molecule has 0 bridgehead atoms. The van der Waals surface area contributed by atoms with E-state index in [9.17, 15) is 26.0 Å². The first kappa shape index (κ1) is 24.3. The van der Waals surface area contributed by atoms with Gasteiger partial charge in [-0.2, -0.15) is 8.61 Å². The molecule has 0 aromatic heterocycles. The lowest BCUT2D eigenvalue weighted by atomic mass is 10.2. The highest BCUT2D eigenvalue weighted by Gasteiger charge is 2.29. The largest absolute Gasteiger partial charge is 0.351 e. The van der Waals surface area contributed by atoms with E-state index in [2.05, 4.69) is 5.32 Å². The van der Waals surface area contributed by atoms with Gasteiger partial charge in [-0.25, -0.2) is 21.2 Å². The highest BCUT2D eigenvalue weighted by Crippen LogP contribution is 2.23. The van der Waals surface area contributed by atoms with Crippen molar-refractivity contribution in [1.29, 1.82) is 0 Å². The van der Waals surface area contributed by atoms with Gasteiger partial charge in [0.15, 0.2) is 0 Å². The summed E-state index contributed by atoms with van der Waals surface area (Å²) in [4.78, 5) is 12.2. The molecule has 1 amide bonds. The van der Waals surface area contributed by atoms with Crippen LogP contribution in [0.4, 0.5) is 4.39 Å². The fourth-order valence-electron chi connectivity index (χ4n) is 3.40. The first-order valence-electron chi connectivity index (χ1n) is 10.3. The number of hydrogen-bond acceptors (Lipinski definition) is 5. The van der Waals surface area contributed by atoms with Crippen LogP contribution in [-0.4, -0.2) is 57.5 Å². The second kappa shape index (κ2) is 10.1. The highest BCUT2D eigenvalue weighted by molar-refractivity contribution is 7.89. The van der Waals surface area contributed by atoms with Crippen LogP contribution in [0.15, 0.2) is 58.3 Å². The van der Waals surface area contributed by atoms with E-state index in [1.807, 2.05) is 0 Å². The number of nitrogens with one attached hydrogen (secondary N) is 1. The lowest BCUT2D eigenvalue weighted by Gasteiger charge is -2.20. The Hall–Kier alpha value is -2.34. The smallest absolute Gasteiger partial charge is 0.243 e. The molecule has 1 fully saturated rings. The van der Waals surface area contributed by atoms with Crippen LogP contribution >= 0.6 is 0 Å². The van der Waals surface area contributed by atoms with Gasteiger partial charge < -0.3 is 5.32 Å². The van der Waals surface area contributed by atoms with E-state index in [1.165, 1.54) is 52.8 Å². The molecule has 1 N–H and O–H groups in total. The van der Waals surface area contributed by atoms with Crippen LogP contribution in [0.2, 0.25) is 0 Å². The molecule has 2 aromatic carbocycles. The van der Waals surface area contributed by atoms with Crippen molar-refractivity contribution in [2.45, 2.75) is 36.1 Å². The summed E-state index contributed by atoms with van der Waals surface area (Å²) in [6, 6.07) is 10.7. The second-order valence-electron chi connectivity index (χ2n) is 7.42. The Labute approximate surface area is 188 Å². The average Bonchev–Trinajstić information content (AvgIpc) is 3.33. The third-order valence-electron chi connectivity index (χ3n) is 5.24. The van der Waals surface area contributed by atoms with Crippen LogP contribution in [0.3, 0.4) is 0 Å². The van der Waals surface area contributed by atoms with E-state index in [-0.39, 0.29) is 28.7 Å². The standard InChI is InChI=1S/C21H26FN3O5S2/c1-2-24(16-21(26)23-15-17-5-7-18(22)8-6-17)31(27,28)19-9-11-20(12-10-19)32(29,30)25-13-3-4-14-25/h5-12H,2-4,13-16H2,1H3,(H,23,26). The van der Waals surface area contributed by atoms with E-state index >= 15 is 0 Å². The van der Waals surface area contributed by atoms with Crippen molar-refractivity contribution in [3.63, 3.8) is 0 Å². The van der Waals surface area contributed by atoms with Crippen LogP contribution in [0.25, 0.3) is 0 Å². The maximum atomic E-state index is 13.0. The number of amides is 1. The van der Waals surface area contributed by atoms with Crippen molar-refractivity contribution in [1.82, 2.24) is 13.9 Å². The minimum absolute atomic E-state index is 0.0402. The normalized spacial score (nSPS) is 15.2. The third kappa shape index (κ3) is 5.52. The molecule has 0 aliphatic carbocycles. The van der Waals surface area contributed by atoms with Crippen molar-refractivity contribution >= 4 is 26.0 Å². The zero-order chi connectivity index (χ0) is 23.4. The molecule has 32 heavy (non-hydrogen) atoms. The number of likely N-dealkylation sites (N-methyl/N-ethyl adjacent to an activating group) is 1. The van der Waals surface area contributed by atoms with Crippen LogP contribution < -0.4 is 5.32 Å². The van der Waals surface area contributed by atoms with Gasteiger partial charge in [0.05, 0.1) is 16.3 Å². The molecule has 0 spiro atoms. The fraction of sp³-hybridized carbons (Fsp3) is 0.381. The molecule has 1 aliphatic heterocycles. The molecule has 1 saturated heterocycles. The van der Waals surface area contributed by atoms with Gasteiger partial charge in [0.1, 0.15) is 5.82 Å². The molecule has 0 saturated carbocycles. The molecule has 3 rings (SSSR count). The number of halogens is 1. The van der Waals surface area contributed by atoms with Crippen molar-refractivity contribution in [3.05, 3.63) is 59.9 Å². The lowest BCUT2D eigenvalue weighted by Crippen LogP contribution is -2.40. The highest BCUT2D eigenvalue weighted by atomic mass is 32.2. The number of sulfonamides is 2. The van der Waals surface area contributed by atoms with Gasteiger partial charge in [-0.3, -0.25) is 4.79 Å². The molecular formula is C21H26FN3O5S2. The van der Waals surface area contributed by atoms with Gasteiger partial charge in [0, 0.05) is 26.2 Å². The minimum atomic E-state index is -4.00. The van der Waals surface area contributed by atoms with Crippen LogP contribution in [0.5, 0.6) is 0 Å². The lowest BCUT2D eigenvalue weighted by molar-refractivity contribution is -0.121. The maximum Gasteiger partial charge on any atom is 0.243 e. The van der Waals surface area contributed by atoms with Gasteiger partial charge in [0.2, 0.25) is 26.0 Å². The Balaban J connectivity index is 1.67. The Morgan fingerprint density at radius 2 is 1.53 bits per heavy atom. The molecule has 0 unspecified atom stereocenters. The van der Waals surface area contributed by atoms with Gasteiger partial charge in [-0.05, 0) is 54.8 Å². The summed E-state index contributed by atoms with van der Waals surface area (Å²) in [5.41, 5.74) is 0.681. The number of rotatable bonds is 9. The van der Waals surface area contributed by atoms with E-state index in [1.54, 1.807) is 6.92 Å². The first-order chi connectivity index (χ1) is 15.1. The fourth-order valence-corrected chi connectivity index (χ4v) is 6.32. The molecule has 174 valence electrons. The van der Waals surface area contributed by atoms with Crippen molar-refractivity contribution in [2.24, 2.45) is 0 Å². The van der Waals surface area contributed by atoms with E-state index in [0.717, 1.165) is 17.1 Å².